The number of aromatic amines is 1. The number of H-pyrrole nitrogens is 1. The van der Waals surface area contributed by atoms with Gasteiger partial charge >= 0.3 is 0 Å². The van der Waals surface area contributed by atoms with E-state index in [1.165, 1.54) is 11.3 Å². The molecular formula is C17H15N5O2S. The molecule has 0 aliphatic rings. The van der Waals surface area contributed by atoms with Gasteiger partial charge in [-0.15, -0.1) is 11.3 Å². The number of hydrogen-bond donors (Lipinski definition) is 1. The van der Waals surface area contributed by atoms with E-state index in [0.717, 1.165) is 21.3 Å². The van der Waals surface area contributed by atoms with E-state index >= 15 is 0 Å². The van der Waals surface area contributed by atoms with Gasteiger partial charge in [0.2, 0.25) is 11.7 Å². The predicted molar refractivity (Wildman–Crippen MR) is 94.2 cm³/mol. The number of rotatable bonds is 4. The van der Waals surface area contributed by atoms with Crippen molar-refractivity contribution in [2.24, 2.45) is 0 Å². The molecule has 0 bridgehead atoms. The van der Waals surface area contributed by atoms with Crippen molar-refractivity contribution < 1.29 is 9.32 Å². The minimum absolute atomic E-state index is 0.131. The molecule has 0 fully saturated rings. The van der Waals surface area contributed by atoms with Gasteiger partial charge in [0.15, 0.2) is 0 Å². The second-order valence-corrected chi connectivity index (χ2v) is 6.74. The summed E-state index contributed by atoms with van der Waals surface area (Å²) in [6.07, 6.45) is 1.71. The highest BCUT2D eigenvalue weighted by atomic mass is 32.1. The topological polar surface area (TPSA) is 87.9 Å². The maximum Gasteiger partial charge on any atom is 0.256 e. The number of nitrogens with one attached hydrogen (secondary N) is 1. The van der Waals surface area contributed by atoms with Crippen molar-refractivity contribution in [2.75, 3.05) is 7.05 Å². The van der Waals surface area contributed by atoms with Crippen LogP contribution in [-0.4, -0.2) is 38.2 Å². The van der Waals surface area contributed by atoms with Crippen LogP contribution in [0.4, 0.5) is 0 Å². The van der Waals surface area contributed by atoms with Crippen LogP contribution in [0.5, 0.6) is 0 Å². The summed E-state index contributed by atoms with van der Waals surface area (Å²) in [6, 6.07) is 7.69. The quantitative estimate of drug-likeness (QED) is 0.608. The van der Waals surface area contributed by atoms with Gasteiger partial charge in [-0.2, -0.15) is 10.1 Å². The number of amides is 1. The number of nitrogens with zero attached hydrogens (tertiary/aromatic N) is 4. The fraction of sp³-hybridized carbons (Fsp3) is 0.176. The normalized spacial score (nSPS) is 11.1. The van der Waals surface area contributed by atoms with Crippen LogP contribution in [-0.2, 0) is 6.54 Å². The Bertz CT molecular complexity index is 1030. The van der Waals surface area contributed by atoms with E-state index in [1.54, 1.807) is 18.1 Å². The van der Waals surface area contributed by atoms with Crippen molar-refractivity contribution >= 4 is 28.1 Å². The summed E-state index contributed by atoms with van der Waals surface area (Å²) in [7, 11) is 1.71. The summed E-state index contributed by atoms with van der Waals surface area (Å²) in [5.74, 6) is 0.805. The first kappa shape index (κ1) is 15.5. The molecule has 0 aliphatic heterocycles. The van der Waals surface area contributed by atoms with Crippen LogP contribution in [0, 0.1) is 6.92 Å². The zero-order valence-electron chi connectivity index (χ0n) is 13.7. The Kier molecular flexibility index (Phi) is 3.81. The lowest BCUT2D eigenvalue weighted by Gasteiger charge is -2.15. The van der Waals surface area contributed by atoms with E-state index in [4.69, 9.17) is 4.52 Å². The largest absolute Gasteiger partial charge is 0.337 e. The molecule has 0 radical (unpaired) electrons. The molecule has 0 saturated carbocycles. The summed E-state index contributed by atoms with van der Waals surface area (Å²) in [6.45, 7) is 2.19. The molecule has 0 aliphatic carbocycles. The van der Waals surface area contributed by atoms with Crippen molar-refractivity contribution in [2.45, 2.75) is 13.5 Å². The Morgan fingerprint density at radius 2 is 2.28 bits per heavy atom. The van der Waals surface area contributed by atoms with E-state index in [0.29, 0.717) is 17.3 Å². The molecule has 0 saturated heterocycles. The van der Waals surface area contributed by atoms with Gasteiger partial charge in [0.25, 0.3) is 5.91 Å². The van der Waals surface area contributed by atoms with E-state index in [1.807, 2.05) is 36.6 Å². The number of carbonyl (C=O) groups is 1. The van der Waals surface area contributed by atoms with Crippen LogP contribution in [0.1, 0.15) is 21.8 Å². The summed E-state index contributed by atoms with van der Waals surface area (Å²) >= 11 is 1.54. The van der Waals surface area contributed by atoms with E-state index < -0.39 is 0 Å². The maximum atomic E-state index is 12.8. The number of aromatic nitrogens is 4. The highest BCUT2D eigenvalue weighted by Gasteiger charge is 2.19. The number of hydrogen-bond acceptors (Lipinski definition) is 6. The number of thiophene rings is 1. The van der Waals surface area contributed by atoms with Crippen LogP contribution < -0.4 is 0 Å². The Morgan fingerprint density at radius 3 is 3.08 bits per heavy atom. The standard InChI is InChI=1S/C17H15N5O2S/c1-10-6-11-8-18-20-15(11)12(7-10)17(23)22(2)9-14-19-16(21-24-14)13-4-3-5-25-13/h3-8H,9H2,1-2H3,(H,18,20). The van der Waals surface area contributed by atoms with E-state index in [9.17, 15) is 4.79 Å². The molecule has 0 spiro atoms. The third kappa shape index (κ3) is 2.91. The van der Waals surface area contributed by atoms with Crippen molar-refractivity contribution in [3.63, 3.8) is 0 Å². The van der Waals surface area contributed by atoms with Gasteiger partial charge in [-0.25, -0.2) is 0 Å². The third-order valence-electron chi connectivity index (χ3n) is 3.85. The van der Waals surface area contributed by atoms with Gasteiger partial charge < -0.3 is 9.42 Å². The number of aryl methyl sites for hydroxylation is 1. The number of carbonyl (C=O) groups excluding carboxylic acids is 1. The highest BCUT2D eigenvalue weighted by Crippen LogP contribution is 2.23. The molecule has 126 valence electrons. The van der Waals surface area contributed by atoms with Gasteiger partial charge in [-0.3, -0.25) is 9.89 Å². The van der Waals surface area contributed by atoms with Gasteiger partial charge in [0.05, 0.1) is 28.7 Å². The molecule has 1 amide bonds. The van der Waals surface area contributed by atoms with Gasteiger partial charge in [-0.1, -0.05) is 11.2 Å². The second kappa shape index (κ2) is 6.14. The molecule has 3 heterocycles. The van der Waals surface area contributed by atoms with Crippen molar-refractivity contribution in [3.8, 4) is 10.7 Å². The molecule has 1 aromatic carbocycles. The van der Waals surface area contributed by atoms with Crippen LogP contribution in [0.2, 0.25) is 0 Å². The lowest BCUT2D eigenvalue weighted by atomic mass is 10.1. The molecule has 4 rings (SSSR count). The fourth-order valence-electron chi connectivity index (χ4n) is 2.68. The van der Waals surface area contributed by atoms with Crippen molar-refractivity contribution in [3.05, 3.63) is 52.9 Å². The lowest BCUT2D eigenvalue weighted by Crippen LogP contribution is -2.26. The third-order valence-corrected chi connectivity index (χ3v) is 4.72. The van der Waals surface area contributed by atoms with Crippen LogP contribution in [0.3, 0.4) is 0 Å². The molecule has 4 aromatic rings. The fourth-order valence-corrected chi connectivity index (χ4v) is 3.33. The Labute approximate surface area is 147 Å². The molecule has 0 atom stereocenters. The summed E-state index contributed by atoms with van der Waals surface area (Å²) in [5.41, 5.74) is 2.31. The minimum Gasteiger partial charge on any atom is -0.337 e. The number of benzene rings is 1. The van der Waals surface area contributed by atoms with Crippen LogP contribution in [0.25, 0.3) is 21.6 Å². The molecule has 8 heteroatoms. The zero-order chi connectivity index (χ0) is 17.4. The predicted octanol–water partition coefficient (Wildman–Crippen LogP) is 3.26. The van der Waals surface area contributed by atoms with Crippen LogP contribution >= 0.6 is 11.3 Å². The average Bonchev–Trinajstić information content (AvgIpc) is 3.33. The van der Waals surface area contributed by atoms with Crippen LogP contribution in [0.15, 0.2) is 40.4 Å². The van der Waals surface area contributed by atoms with Gasteiger partial charge in [-0.05, 0) is 36.1 Å². The summed E-state index contributed by atoms with van der Waals surface area (Å²) in [4.78, 5) is 19.7. The Morgan fingerprint density at radius 1 is 1.40 bits per heavy atom. The first-order chi connectivity index (χ1) is 12.1. The summed E-state index contributed by atoms with van der Waals surface area (Å²) in [5, 5.41) is 13.7. The van der Waals surface area contributed by atoms with E-state index in [2.05, 4.69) is 20.3 Å². The number of fused-ring (bicyclic) bond motifs is 1. The first-order valence-corrected chi connectivity index (χ1v) is 8.55. The molecule has 3 aromatic heterocycles. The Hall–Kier alpha value is -3.00. The van der Waals surface area contributed by atoms with Crippen molar-refractivity contribution in [1.82, 2.24) is 25.2 Å². The zero-order valence-corrected chi connectivity index (χ0v) is 14.5. The SMILES string of the molecule is Cc1cc(C(=O)N(C)Cc2nc(-c3cccs3)no2)c2[nH]ncc2c1. The highest BCUT2D eigenvalue weighted by molar-refractivity contribution is 7.13. The molecule has 1 N–H and O–H groups in total. The van der Waals surface area contributed by atoms with Crippen molar-refractivity contribution in [1.29, 1.82) is 0 Å². The van der Waals surface area contributed by atoms with E-state index in [-0.39, 0.29) is 12.5 Å². The summed E-state index contributed by atoms with van der Waals surface area (Å²) < 4.78 is 5.27. The second-order valence-electron chi connectivity index (χ2n) is 5.80. The lowest BCUT2D eigenvalue weighted by molar-refractivity contribution is 0.0771. The maximum absolute atomic E-state index is 12.8. The smallest absolute Gasteiger partial charge is 0.256 e. The van der Waals surface area contributed by atoms with Gasteiger partial charge in [0.1, 0.15) is 0 Å². The first-order valence-electron chi connectivity index (χ1n) is 7.67. The Balaban J connectivity index is 1.57. The molecule has 25 heavy (non-hydrogen) atoms. The molecule has 7 nitrogen and oxygen atoms in total. The minimum atomic E-state index is -0.131. The van der Waals surface area contributed by atoms with Gasteiger partial charge in [0, 0.05) is 12.4 Å². The molecule has 0 unspecified atom stereocenters. The monoisotopic (exact) mass is 353 g/mol. The molecular weight excluding hydrogens is 338 g/mol. The average molecular weight is 353 g/mol.